The van der Waals surface area contributed by atoms with E-state index in [0.717, 1.165) is 30.7 Å². The van der Waals surface area contributed by atoms with Crippen molar-refractivity contribution in [1.82, 2.24) is 10.2 Å². The van der Waals surface area contributed by atoms with Crippen molar-refractivity contribution >= 4 is 29.3 Å². The van der Waals surface area contributed by atoms with Crippen LogP contribution in [-0.2, 0) is 9.59 Å². The Morgan fingerprint density at radius 3 is 2.63 bits per heavy atom. The highest BCUT2D eigenvalue weighted by Gasteiger charge is 2.46. The second-order valence-electron chi connectivity index (χ2n) is 7.23. The number of hydrogen-bond acceptors (Lipinski definition) is 6. The van der Waals surface area contributed by atoms with Crippen LogP contribution in [0.4, 0.5) is 5.69 Å². The van der Waals surface area contributed by atoms with Gasteiger partial charge in [-0.2, -0.15) is 0 Å². The number of imide groups is 2. The number of hydrogen-bond donors (Lipinski definition) is 2. The van der Waals surface area contributed by atoms with Crippen LogP contribution in [0.5, 0.6) is 0 Å². The number of nitrogens with one attached hydrogen (secondary N) is 1. The molecule has 2 saturated heterocycles. The van der Waals surface area contributed by atoms with Gasteiger partial charge in [-0.15, -0.1) is 0 Å². The molecule has 4 rings (SSSR count). The molecule has 27 heavy (non-hydrogen) atoms. The van der Waals surface area contributed by atoms with Crippen molar-refractivity contribution in [2.45, 2.75) is 44.2 Å². The van der Waals surface area contributed by atoms with Gasteiger partial charge in [0.1, 0.15) is 6.04 Å². The van der Waals surface area contributed by atoms with Crippen LogP contribution in [-0.4, -0.2) is 53.7 Å². The van der Waals surface area contributed by atoms with Gasteiger partial charge >= 0.3 is 0 Å². The van der Waals surface area contributed by atoms with Gasteiger partial charge in [-0.05, 0) is 37.8 Å². The monoisotopic (exact) mass is 370 g/mol. The smallest absolute Gasteiger partial charge is 0.264 e. The second kappa shape index (κ2) is 6.77. The van der Waals surface area contributed by atoms with Crippen molar-refractivity contribution in [3.8, 4) is 0 Å². The van der Waals surface area contributed by atoms with Gasteiger partial charge in [0.25, 0.3) is 11.8 Å². The number of fused-ring (bicyclic) bond motifs is 1. The number of piperidine rings is 2. The predicted molar refractivity (Wildman–Crippen MR) is 97.2 cm³/mol. The molecule has 3 N–H and O–H groups in total. The van der Waals surface area contributed by atoms with E-state index in [-0.39, 0.29) is 24.8 Å². The van der Waals surface area contributed by atoms with E-state index in [1.54, 1.807) is 12.1 Å². The second-order valence-corrected chi connectivity index (χ2v) is 7.23. The Kier molecular flexibility index (Phi) is 4.43. The van der Waals surface area contributed by atoms with Gasteiger partial charge in [0.05, 0.1) is 16.8 Å². The van der Waals surface area contributed by atoms with Gasteiger partial charge in [-0.1, -0.05) is 6.07 Å². The van der Waals surface area contributed by atoms with Gasteiger partial charge in [0.15, 0.2) is 0 Å². The Morgan fingerprint density at radius 2 is 1.89 bits per heavy atom. The average molecular weight is 370 g/mol. The van der Waals surface area contributed by atoms with Crippen molar-refractivity contribution in [3.05, 3.63) is 29.3 Å². The molecule has 2 fully saturated rings. The van der Waals surface area contributed by atoms with Gasteiger partial charge in [-0.25, -0.2) is 0 Å². The molecule has 1 unspecified atom stereocenters. The molecular weight excluding hydrogens is 348 g/mol. The van der Waals surface area contributed by atoms with Gasteiger partial charge in [0, 0.05) is 25.6 Å². The molecule has 8 heteroatoms. The molecule has 3 aliphatic rings. The van der Waals surface area contributed by atoms with Crippen LogP contribution in [0.2, 0.25) is 0 Å². The molecule has 0 radical (unpaired) electrons. The largest absolute Gasteiger partial charge is 0.367 e. The van der Waals surface area contributed by atoms with Crippen LogP contribution in [0.1, 0.15) is 52.8 Å². The van der Waals surface area contributed by atoms with E-state index in [1.165, 1.54) is 0 Å². The molecule has 0 spiro atoms. The SMILES string of the molecule is NC[C@H]1CCCCN1c1cccc2c1C(=O)N(C1CCC(=O)NC1=O)C2=O. The Hall–Kier alpha value is -2.74. The summed E-state index contributed by atoms with van der Waals surface area (Å²) in [6.45, 7) is 1.25. The summed E-state index contributed by atoms with van der Waals surface area (Å²) in [6.07, 6.45) is 3.29. The fourth-order valence-corrected chi connectivity index (χ4v) is 4.30. The fourth-order valence-electron chi connectivity index (χ4n) is 4.30. The Labute approximate surface area is 156 Å². The molecule has 0 aromatic heterocycles. The number of carbonyl (C=O) groups is 4. The van der Waals surface area contributed by atoms with E-state index in [4.69, 9.17) is 5.73 Å². The Morgan fingerprint density at radius 1 is 1.07 bits per heavy atom. The van der Waals surface area contributed by atoms with Gasteiger partial charge in [0.2, 0.25) is 11.8 Å². The highest BCUT2D eigenvalue weighted by molar-refractivity contribution is 6.25. The number of nitrogens with zero attached hydrogens (tertiary/aromatic N) is 2. The molecule has 0 bridgehead atoms. The fraction of sp³-hybridized carbons (Fsp3) is 0.474. The third-order valence-corrected chi connectivity index (χ3v) is 5.65. The highest BCUT2D eigenvalue weighted by Crippen LogP contribution is 2.36. The maximum absolute atomic E-state index is 13.2. The summed E-state index contributed by atoms with van der Waals surface area (Å²) < 4.78 is 0. The molecule has 142 valence electrons. The first-order valence-electron chi connectivity index (χ1n) is 9.34. The normalized spacial score (nSPS) is 25.7. The third kappa shape index (κ3) is 2.80. The summed E-state index contributed by atoms with van der Waals surface area (Å²) >= 11 is 0. The summed E-state index contributed by atoms with van der Waals surface area (Å²) in [4.78, 5) is 52.8. The first-order chi connectivity index (χ1) is 13.0. The molecule has 0 aliphatic carbocycles. The zero-order valence-corrected chi connectivity index (χ0v) is 14.9. The highest BCUT2D eigenvalue weighted by atomic mass is 16.2. The lowest BCUT2D eigenvalue weighted by atomic mass is 9.98. The zero-order valence-electron chi connectivity index (χ0n) is 14.9. The van der Waals surface area contributed by atoms with E-state index in [0.29, 0.717) is 23.4 Å². The average Bonchev–Trinajstić information content (AvgIpc) is 2.93. The third-order valence-electron chi connectivity index (χ3n) is 5.65. The molecule has 4 amide bonds. The van der Waals surface area contributed by atoms with E-state index < -0.39 is 23.8 Å². The van der Waals surface area contributed by atoms with Crippen molar-refractivity contribution in [3.63, 3.8) is 0 Å². The minimum atomic E-state index is -0.949. The topological polar surface area (TPSA) is 113 Å². The van der Waals surface area contributed by atoms with Crippen molar-refractivity contribution in [2.75, 3.05) is 18.0 Å². The van der Waals surface area contributed by atoms with Crippen LogP contribution in [0.25, 0.3) is 0 Å². The number of benzene rings is 1. The first kappa shape index (κ1) is 17.7. The number of rotatable bonds is 3. The predicted octanol–water partition coefficient (Wildman–Crippen LogP) is 0.405. The van der Waals surface area contributed by atoms with Crippen molar-refractivity contribution in [2.24, 2.45) is 5.73 Å². The number of anilines is 1. The number of amides is 4. The molecule has 0 saturated carbocycles. The molecule has 1 aromatic carbocycles. The summed E-state index contributed by atoms with van der Waals surface area (Å²) in [6, 6.07) is 4.39. The zero-order chi connectivity index (χ0) is 19.1. The Bertz CT molecular complexity index is 837. The van der Waals surface area contributed by atoms with Gasteiger partial charge < -0.3 is 10.6 Å². The van der Waals surface area contributed by atoms with Crippen molar-refractivity contribution in [1.29, 1.82) is 0 Å². The summed E-state index contributed by atoms with van der Waals surface area (Å²) in [7, 11) is 0. The number of carbonyl (C=O) groups excluding carboxylic acids is 4. The van der Waals surface area contributed by atoms with Crippen LogP contribution in [0, 0.1) is 0 Å². The lowest BCUT2D eigenvalue weighted by Crippen LogP contribution is -2.54. The summed E-state index contributed by atoms with van der Waals surface area (Å²) in [5, 5.41) is 2.22. The van der Waals surface area contributed by atoms with Crippen LogP contribution in [0.3, 0.4) is 0 Å². The molecule has 1 aromatic rings. The number of nitrogens with two attached hydrogens (primary N) is 1. The summed E-state index contributed by atoms with van der Waals surface area (Å²) in [5.41, 5.74) is 7.28. The van der Waals surface area contributed by atoms with Crippen LogP contribution in [0.15, 0.2) is 18.2 Å². The lowest BCUT2D eigenvalue weighted by molar-refractivity contribution is -0.136. The van der Waals surface area contributed by atoms with E-state index >= 15 is 0 Å². The summed E-state index contributed by atoms with van der Waals surface area (Å²) in [5.74, 6) is -1.93. The standard InChI is InChI=1S/C19H22N4O4/c20-10-11-4-1-2-9-22(11)13-6-3-5-12-16(13)19(27)23(18(12)26)14-7-8-15(24)21-17(14)25/h3,5-6,11,14H,1-2,4,7-10,20H2,(H,21,24,25)/t11-,14?/m1/s1. The molecule has 3 heterocycles. The van der Waals surface area contributed by atoms with E-state index in [1.807, 2.05) is 6.07 Å². The van der Waals surface area contributed by atoms with Crippen molar-refractivity contribution < 1.29 is 19.2 Å². The molecular formula is C19H22N4O4. The molecule has 2 atom stereocenters. The van der Waals surface area contributed by atoms with Gasteiger partial charge in [-0.3, -0.25) is 29.4 Å². The minimum absolute atomic E-state index is 0.109. The quantitative estimate of drug-likeness (QED) is 0.745. The molecule has 3 aliphatic heterocycles. The minimum Gasteiger partial charge on any atom is -0.367 e. The molecule has 8 nitrogen and oxygen atoms in total. The lowest BCUT2D eigenvalue weighted by Gasteiger charge is -2.37. The maximum atomic E-state index is 13.2. The van der Waals surface area contributed by atoms with E-state index in [2.05, 4.69) is 10.2 Å². The maximum Gasteiger partial charge on any atom is 0.264 e. The van der Waals surface area contributed by atoms with Crippen LogP contribution >= 0.6 is 0 Å². The first-order valence-corrected chi connectivity index (χ1v) is 9.34. The van der Waals surface area contributed by atoms with E-state index in [9.17, 15) is 19.2 Å². The Balaban J connectivity index is 1.71. The van der Waals surface area contributed by atoms with Crippen LogP contribution < -0.4 is 16.0 Å².